The molecule has 1 heterocycles. The fourth-order valence-electron chi connectivity index (χ4n) is 3.82. The van der Waals surface area contributed by atoms with E-state index < -0.39 is 10.0 Å². The van der Waals surface area contributed by atoms with Gasteiger partial charge in [-0.3, -0.25) is 0 Å². The third-order valence-electron chi connectivity index (χ3n) is 5.89. The molecule has 1 rings (SSSR count). The highest BCUT2D eigenvalue weighted by atomic mass is 127. The van der Waals surface area contributed by atoms with Crippen LogP contribution in [0.2, 0.25) is 0 Å². The second-order valence-electron chi connectivity index (χ2n) is 9.19. The first kappa shape index (κ1) is 32.1. The highest BCUT2D eigenvalue weighted by molar-refractivity contribution is 14.1. The van der Waals surface area contributed by atoms with Crippen LogP contribution in [-0.4, -0.2) is 56.9 Å². The van der Waals surface area contributed by atoms with Crippen molar-refractivity contribution in [3.8, 4) is 0 Å². The predicted molar refractivity (Wildman–Crippen MR) is 155 cm³/mol. The molecule has 1 N–H and O–H groups in total. The zero-order valence-corrected chi connectivity index (χ0v) is 25.3. The van der Waals surface area contributed by atoms with Gasteiger partial charge < -0.3 is 0 Å². The highest BCUT2D eigenvalue weighted by Crippen LogP contribution is 2.17. The van der Waals surface area contributed by atoms with Gasteiger partial charge in [-0.2, -0.15) is 16.6 Å². The molecule has 0 aliphatic heterocycles. The summed E-state index contributed by atoms with van der Waals surface area (Å²) >= 11 is 4.05. The van der Waals surface area contributed by atoms with Crippen LogP contribution in [0, 0.1) is 6.92 Å². The molecular weight excluding hydrogens is 581 g/mol. The number of thioether (sulfide) groups is 1. The van der Waals surface area contributed by atoms with Gasteiger partial charge in [-0.05, 0) is 30.7 Å². The number of halogens is 1. The van der Waals surface area contributed by atoms with Crippen molar-refractivity contribution in [3.63, 3.8) is 0 Å². The zero-order valence-electron chi connectivity index (χ0n) is 21.5. The van der Waals surface area contributed by atoms with Crippen molar-refractivity contribution in [3.05, 3.63) is 5.82 Å². The van der Waals surface area contributed by atoms with E-state index in [1.807, 2.05) is 11.8 Å². The van der Waals surface area contributed by atoms with Crippen molar-refractivity contribution < 1.29 is 8.42 Å². The average Bonchev–Trinajstić information content (AvgIpc) is 3.25. The van der Waals surface area contributed by atoms with Crippen LogP contribution in [0.15, 0.2) is 0 Å². The number of rotatable bonds is 24. The molecule has 0 bridgehead atoms. The standard InChI is InChI=1S/C24H48IN5O2S2/c1-3-4-5-6-7-8-9-10-11-12-13-14-15-16-19-33-22-24(30-28-23(2)27-29-30)21-26-34(31,32)20-17-18-25/h24,26H,3-22H2,1-2H3. The maximum Gasteiger partial charge on any atom is 0.211 e. The van der Waals surface area contributed by atoms with Gasteiger partial charge in [-0.25, -0.2) is 13.1 Å². The number of unbranched alkanes of at least 4 members (excludes halogenated alkanes) is 13. The first-order valence-electron chi connectivity index (χ1n) is 13.4. The molecule has 0 saturated heterocycles. The van der Waals surface area contributed by atoms with Crippen molar-refractivity contribution in [1.82, 2.24) is 24.9 Å². The fraction of sp³-hybridized carbons (Fsp3) is 0.958. The largest absolute Gasteiger partial charge is 0.213 e. The van der Waals surface area contributed by atoms with Gasteiger partial charge in [0.25, 0.3) is 0 Å². The van der Waals surface area contributed by atoms with Crippen molar-refractivity contribution in [1.29, 1.82) is 0 Å². The van der Waals surface area contributed by atoms with Gasteiger partial charge in [0.05, 0.1) is 11.8 Å². The Bertz CT molecular complexity index is 703. The van der Waals surface area contributed by atoms with E-state index in [4.69, 9.17) is 0 Å². The maximum absolute atomic E-state index is 12.2. The van der Waals surface area contributed by atoms with Gasteiger partial charge in [0.1, 0.15) is 0 Å². The SMILES string of the molecule is CCCCCCCCCCCCCCCCSCC(CNS(=O)(=O)CCCI)n1nnc(C)n1. The lowest BCUT2D eigenvalue weighted by Crippen LogP contribution is -2.34. The third-order valence-corrected chi connectivity index (χ3v) is 9.29. The smallest absolute Gasteiger partial charge is 0.211 e. The first-order valence-corrected chi connectivity index (χ1v) is 17.7. The molecule has 0 saturated carbocycles. The monoisotopic (exact) mass is 629 g/mol. The molecule has 0 spiro atoms. The highest BCUT2D eigenvalue weighted by Gasteiger charge is 2.18. The summed E-state index contributed by atoms with van der Waals surface area (Å²) in [6, 6.07) is -0.118. The molecule has 10 heteroatoms. The Morgan fingerprint density at radius 3 is 1.97 bits per heavy atom. The van der Waals surface area contributed by atoms with Crippen LogP contribution in [0.3, 0.4) is 0 Å². The lowest BCUT2D eigenvalue weighted by atomic mass is 10.0. The molecule has 200 valence electrons. The summed E-state index contributed by atoms with van der Waals surface area (Å²) in [5, 5.41) is 12.4. The average molecular weight is 630 g/mol. The second-order valence-corrected chi connectivity index (χ2v) is 13.3. The van der Waals surface area contributed by atoms with E-state index in [0.717, 1.165) is 15.9 Å². The Labute approximate surface area is 227 Å². The van der Waals surface area contributed by atoms with Crippen LogP contribution in [-0.2, 0) is 10.0 Å². The lowest BCUT2D eigenvalue weighted by molar-refractivity contribution is 0.424. The lowest BCUT2D eigenvalue weighted by Gasteiger charge is -2.16. The Hall–Kier alpha value is 0.0600. The normalized spacial score (nSPS) is 12.9. The van der Waals surface area contributed by atoms with Crippen LogP contribution in [0.4, 0.5) is 0 Å². The number of tetrazole rings is 1. The van der Waals surface area contributed by atoms with Gasteiger partial charge in [0.15, 0.2) is 5.82 Å². The summed E-state index contributed by atoms with van der Waals surface area (Å²) in [4.78, 5) is 1.56. The van der Waals surface area contributed by atoms with E-state index >= 15 is 0 Å². The minimum absolute atomic E-state index is 0.118. The Morgan fingerprint density at radius 1 is 0.912 bits per heavy atom. The minimum atomic E-state index is -3.25. The summed E-state index contributed by atoms with van der Waals surface area (Å²) in [5.74, 6) is 2.64. The molecule has 0 aliphatic carbocycles. The number of nitrogens with one attached hydrogen (secondary N) is 1. The summed E-state index contributed by atoms with van der Waals surface area (Å²) < 4.78 is 27.9. The number of hydrogen-bond acceptors (Lipinski definition) is 6. The van der Waals surface area contributed by atoms with Gasteiger partial charge in [-0.1, -0.05) is 113 Å². The third kappa shape index (κ3) is 17.5. The van der Waals surface area contributed by atoms with Gasteiger partial charge >= 0.3 is 0 Å². The molecule has 0 radical (unpaired) electrons. The van der Waals surface area contributed by atoms with Crippen molar-refractivity contribution >= 4 is 44.4 Å². The predicted octanol–water partition coefficient (Wildman–Crippen LogP) is 6.48. The zero-order chi connectivity index (χ0) is 24.9. The molecule has 0 amide bonds. The van der Waals surface area contributed by atoms with Gasteiger partial charge in [-0.15, -0.1) is 10.2 Å². The minimum Gasteiger partial charge on any atom is -0.213 e. The van der Waals surface area contributed by atoms with Crippen LogP contribution in [0.25, 0.3) is 0 Å². The van der Waals surface area contributed by atoms with Crippen LogP contribution < -0.4 is 4.72 Å². The summed E-state index contributed by atoms with van der Waals surface area (Å²) in [6.07, 6.45) is 19.8. The number of nitrogens with zero attached hydrogens (tertiary/aromatic N) is 4. The molecule has 1 aromatic rings. The Kier molecular flexibility index (Phi) is 20.0. The molecule has 7 nitrogen and oxygen atoms in total. The van der Waals surface area contributed by atoms with E-state index in [1.165, 1.54) is 89.9 Å². The number of aryl methyl sites for hydroxylation is 1. The van der Waals surface area contributed by atoms with Gasteiger partial charge in [0.2, 0.25) is 10.0 Å². The molecule has 0 aromatic carbocycles. The number of hydrogen-bond donors (Lipinski definition) is 1. The molecular formula is C24H48IN5O2S2. The van der Waals surface area contributed by atoms with Crippen molar-refractivity contribution in [2.24, 2.45) is 0 Å². The van der Waals surface area contributed by atoms with Crippen molar-refractivity contribution in [2.45, 2.75) is 116 Å². The number of sulfonamides is 1. The van der Waals surface area contributed by atoms with Crippen molar-refractivity contribution in [2.75, 3.05) is 28.2 Å². The van der Waals surface area contributed by atoms with Crippen LogP contribution in [0.1, 0.15) is 115 Å². The van der Waals surface area contributed by atoms with E-state index in [1.54, 1.807) is 11.7 Å². The Balaban J connectivity index is 2.09. The molecule has 0 fully saturated rings. The molecule has 1 atom stereocenters. The van der Waals surface area contributed by atoms with Gasteiger partial charge in [0, 0.05) is 16.7 Å². The summed E-state index contributed by atoms with van der Waals surface area (Å²) in [5.41, 5.74) is 0. The van der Waals surface area contributed by atoms with E-state index in [0.29, 0.717) is 18.8 Å². The number of alkyl halides is 1. The quantitative estimate of drug-likeness (QED) is 0.0800. The summed E-state index contributed by atoms with van der Waals surface area (Å²) in [7, 11) is -3.25. The Morgan fingerprint density at radius 2 is 1.47 bits per heavy atom. The van der Waals surface area contributed by atoms with E-state index in [2.05, 4.69) is 49.6 Å². The first-order chi connectivity index (χ1) is 16.5. The maximum atomic E-state index is 12.2. The van der Waals surface area contributed by atoms with Crippen LogP contribution >= 0.6 is 34.4 Å². The molecule has 1 unspecified atom stereocenters. The van der Waals surface area contributed by atoms with Crippen LogP contribution in [0.5, 0.6) is 0 Å². The summed E-state index contributed by atoms with van der Waals surface area (Å²) in [6.45, 7) is 4.39. The second kappa shape index (κ2) is 21.2. The molecule has 34 heavy (non-hydrogen) atoms. The fourth-order valence-corrected chi connectivity index (χ4v) is 6.93. The number of aromatic nitrogens is 4. The van der Waals surface area contributed by atoms with E-state index in [9.17, 15) is 8.42 Å². The topological polar surface area (TPSA) is 89.8 Å². The molecule has 0 aliphatic rings. The van der Waals surface area contributed by atoms with E-state index in [-0.39, 0.29) is 11.8 Å². The molecule has 1 aromatic heterocycles.